The summed E-state index contributed by atoms with van der Waals surface area (Å²) >= 11 is 2.39. The molecule has 1 unspecified atom stereocenters. The largest absolute Gasteiger partial charge is 0.245 e. The van der Waals surface area contributed by atoms with Gasteiger partial charge in [0.05, 0.1) is 0 Å². The number of hydrogen-bond donors (Lipinski definition) is 0. The van der Waals surface area contributed by atoms with Crippen LogP contribution in [0.25, 0.3) is 0 Å². The van der Waals surface area contributed by atoms with Gasteiger partial charge in [-0.3, -0.25) is 0 Å². The molecule has 1 fully saturated rings. The number of rotatable bonds is 0. The maximum Gasteiger partial charge on any atom is 0.0204 e. The Morgan fingerprint density at radius 3 is 1.73 bits per heavy atom. The lowest BCUT2D eigenvalue weighted by Gasteiger charge is -2.09. The van der Waals surface area contributed by atoms with Crippen LogP contribution in [0.1, 0.15) is 47.5 Å². The molecule has 11 heavy (non-hydrogen) atoms. The summed E-state index contributed by atoms with van der Waals surface area (Å²) in [5, 5.41) is 0. The zero-order valence-electron chi connectivity index (χ0n) is 8.52. The van der Waals surface area contributed by atoms with Crippen LogP contribution in [0, 0.1) is 0 Å². The summed E-state index contributed by atoms with van der Waals surface area (Å²) in [7, 11) is 0. The van der Waals surface area contributed by atoms with Crippen LogP contribution in [0.15, 0.2) is 0 Å². The highest BCUT2D eigenvalue weighted by molar-refractivity contribution is 14.1. The van der Waals surface area contributed by atoms with Gasteiger partial charge in [-0.2, -0.15) is 0 Å². The predicted octanol–water partition coefficient (Wildman–Crippen LogP) is 3.87. The molecule has 0 amide bonds. The molecule has 70 valence electrons. The van der Waals surface area contributed by atoms with Crippen LogP contribution in [0.3, 0.4) is 0 Å². The zero-order chi connectivity index (χ0) is 9.28. The number of hydrogen-bond acceptors (Lipinski definition) is 1. The molecule has 1 aliphatic heterocycles. The third kappa shape index (κ3) is 7.06. The van der Waals surface area contributed by atoms with Gasteiger partial charge < -0.3 is 0 Å². The maximum absolute atomic E-state index is 2.39. The van der Waals surface area contributed by atoms with E-state index in [1.807, 2.05) is 27.7 Å². The minimum atomic E-state index is 0.834. The summed E-state index contributed by atoms with van der Waals surface area (Å²) in [6.07, 6.45) is 2.78. The first-order chi connectivity index (χ1) is 5.30. The van der Waals surface area contributed by atoms with Crippen molar-refractivity contribution < 1.29 is 0 Å². The van der Waals surface area contributed by atoms with E-state index in [9.17, 15) is 0 Å². The maximum atomic E-state index is 2.39. The van der Waals surface area contributed by atoms with Crippen molar-refractivity contribution in [3.05, 3.63) is 0 Å². The molecule has 2 heteroatoms. The average Bonchev–Trinajstić information content (AvgIpc) is 2.44. The molecule has 0 aliphatic carbocycles. The predicted molar refractivity (Wildman–Crippen MR) is 62.1 cm³/mol. The molecule has 0 aromatic rings. The lowest BCUT2D eigenvalue weighted by molar-refractivity contribution is 0.505. The van der Waals surface area contributed by atoms with Crippen molar-refractivity contribution in [2.75, 3.05) is 6.54 Å². The van der Waals surface area contributed by atoms with Crippen molar-refractivity contribution in [3.8, 4) is 0 Å². The van der Waals surface area contributed by atoms with Gasteiger partial charge in [-0.15, -0.1) is 0 Å². The van der Waals surface area contributed by atoms with Gasteiger partial charge in [0.15, 0.2) is 0 Å². The summed E-state index contributed by atoms with van der Waals surface area (Å²) in [6, 6.07) is 0.834. The Hall–Kier alpha value is 0.690. The normalized spacial score (nSPS) is 22.9. The highest BCUT2D eigenvalue weighted by Gasteiger charge is 2.16. The molecule has 1 atom stereocenters. The lowest BCUT2D eigenvalue weighted by atomic mass is 10.3. The second kappa shape index (κ2) is 10.7. The van der Waals surface area contributed by atoms with Gasteiger partial charge in [-0.1, -0.05) is 27.7 Å². The molecule has 0 saturated carbocycles. The minimum absolute atomic E-state index is 0.834. The standard InChI is InChI=1S/C5H10IN.2C2H6/c1-5-3-2-4-7(5)6;2*1-2/h5H,2-4H2,1H3;2*1-2H3. The van der Waals surface area contributed by atoms with Crippen LogP contribution in [0.2, 0.25) is 0 Å². The third-order valence-corrected chi connectivity index (χ3v) is 2.91. The first-order valence-corrected chi connectivity index (χ1v) is 5.69. The van der Waals surface area contributed by atoms with Gasteiger partial charge in [0.25, 0.3) is 0 Å². The van der Waals surface area contributed by atoms with Crippen LogP contribution < -0.4 is 0 Å². The smallest absolute Gasteiger partial charge is 0.0204 e. The van der Waals surface area contributed by atoms with E-state index in [-0.39, 0.29) is 0 Å². The van der Waals surface area contributed by atoms with Gasteiger partial charge in [0.2, 0.25) is 0 Å². The molecule has 0 spiro atoms. The third-order valence-electron chi connectivity index (χ3n) is 1.47. The van der Waals surface area contributed by atoms with Crippen LogP contribution >= 0.6 is 22.9 Å². The summed E-state index contributed by atoms with van der Waals surface area (Å²) in [5.74, 6) is 0. The topological polar surface area (TPSA) is 3.24 Å². The Bertz CT molecular complexity index is 58.6. The highest BCUT2D eigenvalue weighted by atomic mass is 127. The van der Waals surface area contributed by atoms with Crippen LogP contribution in [-0.4, -0.2) is 15.7 Å². The van der Waals surface area contributed by atoms with Gasteiger partial charge >= 0.3 is 0 Å². The molecule has 0 aromatic heterocycles. The molecule has 0 N–H and O–H groups in total. The SMILES string of the molecule is CC.CC.CC1CCCN1I. The second-order valence-electron chi connectivity index (χ2n) is 2.11. The van der Waals surface area contributed by atoms with E-state index in [4.69, 9.17) is 0 Å². The monoisotopic (exact) mass is 271 g/mol. The summed E-state index contributed by atoms with van der Waals surface area (Å²) in [5.41, 5.74) is 0. The molecule has 1 saturated heterocycles. The van der Waals surface area contributed by atoms with Crippen molar-refractivity contribution >= 4 is 22.9 Å². The molecular weight excluding hydrogens is 249 g/mol. The van der Waals surface area contributed by atoms with E-state index in [1.54, 1.807) is 0 Å². The molecule has 1 aliphatic rings. The Morgan fingerprint density at radius 1 is 1.18 bits per heavy atom. The highest BCUT2D eigenvalue weighted by Crippen LogP contribution is 2.19. The quantitative estimate of drug-likeness (QED) is 0.477. The first kappa shape index (κ1) is 14.2. The Morgan fingerprint density at radius 2 is 1.64 bits per heavy atom. The van der Waals surface area contributed by atoms with E-state index in [2.05, 4.69) is 32.9 Å². The van der Waals surface area contributed by atoms with Gasteiger partial charge in [0.1, 0.15) is 0 Å². The summed E-state index contributed by atoms with van der Waals surface area (Å²) in [4.78, 5) is 0. The van der Waals surface area contributed by atoms with Gasteiger partial charge in [-0.05, 0) is 19.8 Å². The summed E-state index contributed by atoms with van der Waals surface area (Å²) < 4.78 is 2.37. The molecule has 1 nitrogen and oxygen atoms in total. The summed E-state index contributed by atoms with van der Waals surface area (Å²) in [6.45, 7) is 11.6. The Kier molecular flexibility index (Phi) is 13.8. The minimum Gasteiger partial charge on any atom is -0.245 e. The van der Waals surface area contributed by atoms with E-state index >= 15 is 0 Å². The fourth-order valence-electron chi connectivity index (χ4n) is 0.898. The average molecular weight is 271 g/mol. The van der Waals surface area contributed by atoms with Crippen molar-refractivity contribution in [2.24, 2.45) is 0 Å². The van der Waals surface area contributed by atoms with Gasteiger partial charge in [-0.25, -0.2) is 3.11 Å². The molecule has 0 bridgehead atoms. The van der Waals surface area contributed by atoms with Crippen molar-refractivity contribution in [1.29, 1.82) is 0 Å². The van der Waals surface area contributed by atoms with E-state index in [0.29, 0.717) is 0 Å². The van der Waals surface area contributed by atoms with Crippen molar-refractivity contribution in [2.45, 2.75) is 53.5 Å². The molecule has 0 aromatic carbocycles. The van der Waals surface area contributed by atoms with Crippen molar-refractivity contribution in [1.82, 2.24) is 3.11 Å². The molecule has 0 radical (unpaired) electrons. The Labute approximate surface area is 86.0 Å². The number of nitrogens with zero attached hydrogens (tertiary/aromatic N) is 1. The van der Waals surface area contributed by atoms with Crippen LogP contribution in [0.5, 0.6) is 0 Å². The van der Waals surface area contributed by atoms with E-state index < -0.39 is 0 Å². The first-order valence-electron chi connectivity index (χ1n) is 4.73. The molecule has 1 heterocycles. The van der Waals surface area contributed by atoms with Crippen LogP contribution in [-0.2, 0) is 0 Å². The second-order valence-corrected chi connectivity index (χ2v) is 3.35. The molecular formula is C9H22IN. The Balaban J connectivity index is 0. The van der Waals surface area contributed by atoms with Gasteiger partial charge in [0, 0.05) is 35.5 Å². The molecule has 1 rings (SSSR count). The number of halogens is 1. The zero-order valence-corrected chi connectivity index (χ0v) is 10.7. The van der Waals surface area contributed by atoms with E-state index in [1.165, 1.54) is 19.4 Å². The van der Waals surface area contributed by atoms with Crippen LogP contribution in [0.4, 0.5) is 0 Å². The van der Waals surface area contributed by atoms with Crippen molar-refractivity contribution in [3.63, 3.8) is 0 Å². The fraction of sp³-hybridized carbons (Fsp3) is 1.00. The van der Waals surface area contributed by atoms with E-state index in [0.717, 1.165) is 6.04 Å². The lowest BCUT2D eigenvalue weighted by Crippen LogP contribution is -2.13. The fourth-order valence-corrected chi connectivity index (χ4v) is 1.52.